The van der Waals surface area contributed by atoms with Crippen molar-refractivity contribution in [1.82, 2.24) is 45.0 Å². The SMILES string of the molecule is Cn1nnnc1-c1[c-]cc2c(c1)C(C)(C)c1ccccc1-2.Cn1nnnc1-c1[c-]ccc2c1ccn2-c1ccccc1.[Ir].[Ir]. The molecule has 0 spiro atoms. The summed E-state index contributed by atoms with van der Waals surface area (Å²) in [4.78, 5) is 0. The van der Waals surface area contributed by atoms with E-state index >= 15 is 0 Å². The summed E-state index contributed by atoms with van der Waals surface area (Å²) in [7, 11) is 3.67. The second kappa shape index (κ2) is 12.5. The van der Waals surface area contributed by atoms with Crippen molar-refractivity contribution in [2.75, 3.05) is 0 Å². The maximum Gasteiger partial charge on any atom is 0.0987 e. The third-order valence-corrected chi connectivity index (χ3v) is 7.92. The number of hydrogen-bond donors (Lipinski definition) is 0. The van der Waals surface area contributed by atoms with Gasteiger partial charge in [-0.1, -0.05) is 94.9 Å². The second-order valence-corrected chi connectivity index (χ2v) is 10.8. The summed E-state index contributed by atoms with van der Waals surface area (Å²) in [6.45, 7) is 4.52. The topological polar surface area (TPSA) is 92.1 Å². The average molecular weight is 934 g/mol. The number of aromatic nitrogens is 9. The number of rotatable bonds is 3. The number of para-hydroxylation sites is 1. The van der Waals surface area contributed by atoms with Crippen molar-refractivity contribution >= 4 is 10.9 Å². The molecule has 1 aliphatic carbocycles. The molecule has 0 saturated heterocycles. The summed E-state index contributed by atoms with van der Waals surface area (Å²) in [6.07, 6.45) is 2.06. The Bertz CT molecular complexity index is 2060. The molecule has 0 amide bonds. The number of hydrogen-bond acceptors (Lipinski definition) is 6. The van der Waals surface area contributed by atoms with Crippen LogP contribution < -0.4 is 0 Å². The molecule has 0 fully saturated rings. The zero-order valence-electron chi connectivity index (χ0n) is 24.4. The molecule has 2 radical (unpaired) electrons. The Morgan fingerprint density at radius 1 is 0.705 bits per heavy atom. The number of benzene rings is 4. The van der Waals surface area contributed by atoms with Gasteiger partial charge in [0.25, 0.3) is 0 Å². The molecule has 1 aliphatic rings. The Kier molecular flexibility index (Phi) is 8.86. The molecule has 3 aromatic heterocycles. The van der Waals surface area contributed by atoms with Gasteiger partial charge >= 0.3 is 0 Å². The van der Waals surface area contributed by atoms with Crippen LogP contribution in [-0.4, -0.2) is 45.0 Å². The van der Waals surface area contributed by atoms with Gasteiger partial charge in [-0.05, 0) is 45.3 Å². The minimum absolute atomic E-state index is 0. The molecule has 3 heterocycles. The number of fused-ring (bicyclic) bond motifs is 4. The molecule has 224 valence electrons. The molecule has 44 heavy (non-hydrogen) atoms. The Labute approximate surface area is 282 Å². The average Bonchev–Trinajstić information content (AvgIpc) is 3.80. The maximum atomic E-state index is 4.08. The van der Waals surface area contributed by atoms with Crippen LogP contribution in [0.1, 0.15) is 25.0 Å². The third-order valence-electron chi connectivity index (χ3n) is 7.92. The van der Waals surface area contributed by atoms with Crippen LogP contribution in [0.4, 0.5) is 0 Å². The number of tetrazole rings is 2. The molecule has 4 aromatic carbocycles. The monoisotopic (exact) mass is 935 g/mol. The van der Waals surface area contributed by atoms with Gasteiger partial charge in [-0.3, -0.25) is 9.36 Å². The Balaban J connectivity index is 0.000000167. The molecule has 8 rings (SSSR count). The van der Waals surface area contributed by atoms with Crippen LogP contribution in [0, 0.1) is 12.1 Å². The van der Waals surface area contributed by atoms with E-state index in [-0.39, 0.29) is 45.6 Å². The molecule has 9 nitrogen and oxygen atoms in total. The van der Waals surface area contributed by atoms with Gasteiger partial charge in [0.05, 0.1) is 11.6 Å². The van der Waals surface area contributed by atoms with E-state index in [4.69, 9.17) is 0 Å². The predicted octanol–water partition coefficient (Wildman–Crippen LogP) is 5.60. The largest absolute Gasteiger partial charge is 0.335 e. The first-order valence-electron chi connectivity index (χ1n) is 13.6. The summed E-state index contributed by atoms with van der Waals surface area (Å²) >= 11 is 0. The van der Waals surface area contributed by atoms with E-state index in [0.29, 0.717) is 5.82 Å². The zero-order chi connectivity index (χ0) is 28.8. The van der Waals surface area contributed by atoms with Gasteiger partial charge in [0.15, 0.2) is 0 Å². The first-order valence-corrected chi connectivity index (χ1v) is 13.6. The van der Waals surface area contributed by atoms with Crippen LogP contribution in [0.2, 0.25) is 0 Å². The molecule has 0 saturated carbocycles. The molecule has 11 heteroatoms. The van der Waals surface area contributed by atoms with Crippen LogP contribution in [0.25, 0.3) is 50.5 Å². The van der Waals surface area contributed by atoms with Crippen molar-refractivity contribution in [2.45, 2.75) is 19.3 Å². The molecule has 7 aromatic rings. The minimum Gasteiger partial charge on any atom is -0.335 e. The fourth-order valence-corrected chi connectivity index (χ4v) is 5.77. The second-order valence-electron chi connectivity index (χ2n) is 10.8. The first kappa shape index (κ1) is 31.3. The molecule has 0 bridgehead atoms. The summed E-state index contributed by atoms with van der Waals surface area (Å²) < 4.78 is 5.48. The fraction of sp³-hybridized carbons (Fsp3) is 0.152. The van der Waals surface area contributed by atoms with Crippen molar-refractivity contribution in [3.05, 3.63) is 114 Å². The predicted molar refractivity (Wildman–Crippen MR) is 161 cm³/mol. The van der Waals surface area contributed by atoms with Gasteiger partial charge in [-0.2, -0.15) is 10.2 Å². The van der Waals surface area contributed by atoms with Crippen molar-refractivity contribution in [3.8, 4) is 39.6 Å². The van der Waals surface area contributed by atoms with Crippen molar-refractivity contribution in [2.24, 2.45) is 14.1 Å². The van der Waals surface area contributed by atoms with Crippen molar-refractivity contribution in [1.29, 1.82) is 0 Å². The number of nitrogens with zero attached hydrogens (tertiary/aromatic N) is 9. The van der Waals surface area contributed by atoms with Gasteiger partial charge < -0.3 is 4.57 Å². The van der Waals surface area contributed by atoms with E-state index in [0.717, 1.165) is 33.5 Å². The van der Waals surface area contributed by atoms with Gasteiger partial charge in [0, 0.05) is 60.0 Å². The van der Waals surface area contributed by atoms with Crippen LogP contribution in [0.5, 0.6) is 0 Å². The fourth-order valence-electron chi connectivity index (χ4n) is 5.77. The smallest absolute Gasteiger partial charge is 0.0987 e. The first-order chi connectivity index (χ1) is 20.4. The maximum absolute atomic E-state index is 4.08. The van der Waals surface area contributed by atoms with Gasteiger partial charge in [0.2, 0.25) is 0 Å². The number of aryl methyl sites for hydroxylation is 2. The summed E-state index contributed by atoms with van der Waals surface area (Å²) in [6, 6.07) is 35.7. The molecular formula is C33H27Ir2N9-2. The zero-order valence-corrected chi connectivity index (χ0v) is 29.1. The minimum atomic E-state index is -0.0121. The molecule has 0 aliphatic heterocycles. The standard InChI is InChI=1S/C17H15N4.C16H12N5.2Ir/c1-17(2)14-7-5-4-6-12(14)13-9-8-11(10-15(13)17)16-18-19-20-21(16)3;1-20-16(17-18-19-20)14-8-5-9-15-13(14)10-11-21(15)12-6-3-2-4-7-12;;/h4-7,9-10H,1-3H3;2-7,9-11H,1H3;;/q2*-1;;. The molecule has 0 atom stereocenters. The van der Waals surface area contributed by atoms with E-state index in [9.17, 15) is 0 Å². The van der Waals surface area contributed by atoms with Crippen LogP contribution in [-0.2, 0) is 59.7 Å². The summed E-state index contributed by atoms with van der Waals surface area (Å²) in [5.41, 5.74) is 9.30. The van der Waals surface area contributed by atoms with E-state index in [2.05, 4.69) is 128 Å². The Morgan fingerprint density at radius 2 is 1.39 bits per heavy atom. The van der Waals surface area contributed by atoms with E-state index in [1.807, 2.05) is 38.4 Å². The van der Waals surface area contributed by atoms with Crippen molar-refractivity contribution < 1.29 is 40.2 Å². The molecule has 0 unspecified atom stereocenters. The quantitative estimate of drug-likeness (QED) is 0.215. The normalized spacial score (nSPS) is 12.4. The van der Waals surface area contributed by atoms with Gasteiger partial charge in [-0.25, -0.2) is 0 Å². The summed E-state index contributed by atoms with van der Waals surface area (Å²) in [5.74, 6) is 1.45. The third kappa shape index (κ3) is 5.26. The van der Waals surface area contributed by atoms with E-state index < -0.39 is 0 Å². The Morgan fingerprint density at radius 3 is 2.09 bits per heavy atom. The molecule has 0 N–H and O–H groups in total. The summed E-state index contributed by atoms with van der Waals surface area (Å²) in [5, 5.41) is 24.4. The van der Waals surface area contributed by atoms with Crippen molar-refractivity contribution in [3.63, 3.8) is 0 Å². The van der Waals surface area contributed by atoms with Crippen LogP contribution in [0.3, 0.4) is 0 Å². The van der Waals surface area contributed by atoms with E-state index in [1.54, 1.807) is 9.36 Å². The molecular weight excluding hydrogens is 907 g/mol. The Hall–Kier alpha value is -4.14. The van der Waals surface area contributed by atoms with Gasteiger partial charge in [0.1, 0.15) is 0 Å². The van der Waals surface area contributed by atoms with E-state index in [1.165, 1.54) is 22.3 Å². The van der Waals surface area contributed by atoms with Gasteiger partial charge in [-0.15, -0.1) is 47.5 Å². The van der Waals surface area contributed by atoms with Crippen LogP contribution >= 0.6 is 0 Å². The van der Waals surface area contributed by atoms with Crippen LogP contribution in [0.15, 0.2) is 91.1 Å².